The summed E-state index contributed by atoms with van der Waals surface area (Å²) in [7, 11) is 0. The highest BCUT2D eigenvalue weighted by atomic mass is 35.5. The quantitative estimate of drug-likeness (QED) is 0.517. The molecular weight excluding hydrogens is 370 g/mol. The van der Waals surface area contributed by atoms with Crippen LogP contribution in [0.4, 0.5) is 0 Å². The van der Waals surface area contributed by atoms with Crippen LogP contribution in [-0.4, -0.2) is 15.3 Å². The molecule has 0 saturated heterocycles. The molecule has 0 fully saturated rings. The van der Waals surface area contributed by atoms with Crippen LogP contribution in [0.3, 0.4) is 0 Å². The molecule has 2 aromatic heterocycles. The lowest BCUT2D eigenvalue weighted by molar-refractivity contribution is -0.121. The summed E-state index contributed by atoms with van der Waals surface area (Å²) in [5, 5.41) is 3.76. The molecule has 5 heteroatoms. The van der Waals surface area contributed by atoms with Crippen molar-refractivity contribution in [2.75, 3.05) is 0 Å². The number of imidazole rings is 1. The molecule has 0 aliphatic carbocycles. The van der Waals surface area contributed by atoms with Crippen molar-refractivity contribution in [3.8, 4) is 11.3 Å². The van der Waals surface area contributed by atoms with Crippen LogP contribution in [0.5, 0.6) is 0 Å². The highest BCUT2D eigenvalue weighted by molar-refractivity contribution is 6.30. The molecule has 1 unspecified atom stereocenters. The molecule has 28 heavy (non-hydrogen) atoms. The lowest BCUT2D eigenvalue weighted by Gasteiger charge is -2.14. The maximum Gasteiger partial charge on any atom is 0.226 e. The maximum absolute atomic E-state index is 12.8. The van der Waals surface area contributed by atoms with Crippen LogP contribution >= 0.6 is 11.6 Å². The summed E-state index contributed by atoms with van der Waals surface area (Å²) < 4.78 is 1.97. The molecule has 0 radical (unpaired) electrons. The Kier molecular flexibility index (Phi) is 5.13. The second kappa shape index (κ2) is 7.87. The van der Waals surface area contributed by atoms with Gasteiger partial charge in [0.15, 0.2) is 0 Å². The number of benzene rings is 2. The molecule has 1 N–H and O–H groups in total. The van der Waals surface area contributed by atoms with Crippen LogP contribution in [0.25, 0.3) is 16.9 Å². The zero-order valence-electron chi connectivity index (χ0n) is 15.5. The Morgan fingerprint density at radius 3 is 2.50 bits per heavy atom. The number of hydrogen-bond donors (Lipinski definition) is 1. The number of nitrogens with one attached hydrogen (secondary N) is 1. The number of rotatable bonds is 5. The van der Waals surface area contributed by atoms with Crippen molar-refractivity contribution in [2.45, 2.75) is 19.4 Å². The number of fused-ring (bicyclic) bond motifs is 1. The summed E-state index contributed by atoms with van der Waals surface area (Å²) in [4.78, 5) is 17.5. The lowest BCUT2D eigenvalue weighted by atomic mass is 10.1. The average molecular weight is 390 g/mol. The van der Waals surface area contributed by atoms with E-state index in [9.17, 15) is 4.79 Å². The molecule has 2 aromatic carbocycles. The Balaban J connectivity index is 1.64. The standard InChI is InChI=1S/C23H20ClN3O/c1-16(17-7-3-2-4-8-17)25-22(28)15-20-23(18-10-12-19(24)13-11-18)26-21-9-5-6-14-27(20)21/h2-14,16H,15H2,1H3,(H,25,28). The van der Waals surface area contributed by atoms with Gasteiger partial charge >= 0.3 is 0 Å². The number of amides is 1. The Morgan fingerprint density at radius 1 is 1.04 bits per heavy atom. The van der Waals surface area contributed by atoms with E-state index in [1.165, 1.54) is 0 Å². The van der Waals surface area contributed by atoms with Crippen molar-refractivity contribution >= 4 is 23.2 Å². The second-order valence-corrected chi connectivity index (χ2v) is 7.16. The van der Waals surface area contributed by atoms with Gasteiger partial charge in [0.2, 0.25) is 5.91 Å². The van der Waals surface area contributed by atoms with Gasteiger partial charge in [-0.15, -0.1) is 0 Å². The first-order valence-corrected chi connectivity index (χ1v) is 9.56. The molecule has 4 aromatic rings. The molecule has 0 aliphatic heterocycles. The van der Waals surface area contributed by atoms with Gasteiger partial charge in [-0.25, -0.2) is 4.98 Å². The Labute approximate surface area is 168 Å². The van der Waals surface area contributed by atoms with Crippen LogP contribution in [0.2, 0.25) is 5.02 Å². The van der Waals surface area contributed by atoms with E-state index < -0.39 is 0 Å². The van der Waals surface area contributed by atoms with Gasteiger partial charge in [0.05, 0.1) is 23.9 Å². The minimum atomic E-state index is -0.0631. The third-order valence-electron chi connectivity index (χ3n) is 4.75. The molecule has 0 bridgehead atoms. The van der Waals surface area contributed by atoms with Crippen molar-refractivity contribution in [3.05, 3.63) is 95.3 Å². The molecule has 0 aliphatic rings. The third-order valence-corrected chi connectivity index (χ3v) is 5.00. The predicted molar refractivity (Wildman–Crippen MR) is 112 cm³/mol. The Hall–Kier alpha value is -3.11. The van der Waals surface area contributed by atoms with Crippen molar-refractivity contribution in [3.63, 3.8) is 0 Å². The van der Waals surface area contributed by atoms with Crippen molar-refractivity contribution < 1.29 is 4.79 Å². The molecule has 0 spiro atoms. The van der Waals surface area contributed by atoms with Gasteiger partial charge < -0.3 is 9.72 Å². The highest BCUT2D eigenvalue weighted by Crippen LogP contribution is 2.26. The maximum atomic E-state index is 12.8. The predicted octanol–water partition coefficient (Wildman–Crippen LogP) is 5.07. The Morgan fingerprint density at radius 2 is 1.75 bits per heavy atom. The largest absolute Gasteiger partial charge is 0.349 e. The minimum Gasteiger partial charge on any atom is -0.349 e. The molecule has 140 valence electrons. The van der Waals surface area contributed by atoms with Crippen LogP contribution in [-0.2, 0) is 11.2 Å². The second-order valence-electron chi connectivity index (χ2n) is 6.72. The van der Waals surface area contributed by atoms with Gasteiger partial charge in [-0.2, -0.15) is 0 Å². The van der Waals surface area contributed by atoms with Crippen LogP contribution in [0.1, 0.15) is 24.2 Å². The number of carbonyl (C=O) groups excluding carboxylic acids is 1. The van der Waals surface area contributed by atoms with E-state index >= 15 is 0 Å². The number of carbonyl (C=O) groups is 1. The molecule has 1 amide bonds. The monoisotopic (exact) mass is 389 g/mol. The Bertz CT molecular complexity index is 1100. The number of hydrogen-bond acceptors (Lipinski definition) is 2. The van der Waals surface area contributed by atoms with Crippen molar-refractivity contribution in [1.82, 2.24) is 14.7 Å². The summed E-state index contributed by atoms with van der Waals surface area (Å²) in [5.41, 5.74) is 4.48. The van der Waals surface area contributed by atoms with Crippen molar-refractivity contribution in [2.24, 2.45) is 0 Å². The average Bonchev–Trinajstić information content (AvgIpc) is 3.07. The van der Waals surface area contributed by atoms with E-state index in [0.29, 0.717) is 5.02 Å². The van der Waals surface area contributed by atoms with Gasteiger partial charge in [0, 0.05) is 16.8 Å². The number of nitrogens with zero attached hydrogens (tertiary/aromatic N) is 2. The van der Waals surface area contributed by atoms with Crippen molar-refractivity contribution in [1.29, 1.82) is 0 Å². The van der Waals surface area contributed by atoms with E-state index in [1.54, 1.807) is 0 Å². The summed E-state index contributed by atoms with van der Waals surface area (Å²) in [5.74, 6) is -0.0442. The van der Waals surface area contributed by atoms with E-state index in [-0.39, 0.29) is 18.4 Å². The first-order valence-electron chi connectivity index (χ1n) is 9.18. The number of halogens is 1. The number of aromatic nitrogens is 2. The first kappa shape index (κ1) is 18.3. The summed E-state index contributed by atoms with van der Waals surface area (Å²) in [6.45, 7) is 1.99. The molecule has 4 rings (SSSR count). The normalized spacial score (nSPS) is 12.1. The van der Waals surface area contributed by atoms with Gasteiger partial charge in [-0.3, -0.25) is 4.79 Å². The first-order chi connectivity index (χ1) is 13.6. The topological polar surface area (TPSA) is 46.4 Å². The van der Waals surface area contributed by atoms with Gasteiger partial charge in [0.25, 0.3) is 0 Å². The van der Waals surface area contributed by atoms with Gasteiger partial charge in [-0.05, 0) is 36.8 Å². The SMILES string of the molecule is CC(NC(=O)Cc1c(-c2ccc(Cl)cc2)nc2ccccn12)c1ccccc1. The molecule has 1 atom stereocenters. The van der Waals surface area contributed by atoms with E-state index in [1.807, 2.05) is 90.3 Å². The minimum absolute atomic E-state index is 0.0442. The fraction of sp³-hybridized carbons (Fsp3) is 0.130. The zero-order valence-corrected chi connectivity index (χ0v) is 16.2. The molecule has 4 nitrogen and oxygen atoms in total. The van der Waals surface area contributed by atoms with E-state index in [4.69, 9.17) is 16.6 Å². The number of pyridine rings is 1. The summed E-state index contributed by atoms with van der Waals surface area (Å²) in [6, 6.07) is 23.2. The van der Waals surface area contributed by atoms with E-state index in [2.05, 4.69) is 5.32 Å². The van der Waals surface area contributed by atoms with Crippen LogP contribution < -0.4 is 5.32 Å². The highest BCUT2D eigenvalue weighted by Gasteiger charge is 2.18. The lowest BCUT2D eigenvalue weighted by Crippen LogP contribution is -2.28. The van der Waals surface area contributed by atoms with Crippen LogP contribution in [0.15, 0.2) is 79.0 Å². The smallest absolute Gasteiger partial charge is 0.226 e. The van der Waals surface area contributed by atoms with Gasteiger partial charge in [0.1, 0.15) is 5.65 Å². The molecular formula is C23H20ClN3O. The van der Waals surface area contributed by atoms with E-state index in [0.717, 1.165) is 28.2 Å². The van der Waals surface area contributed by atoms with Crippen LogP contribution in [0, 0.1) is 0 Å². The fourth-order valence-electron chi connectivity index (χ4n) is 3.32. The molecule has 2 heterocycles. The zero-order chi connectivity index (χ0) is 19.5. The third kappa shape index (κ3) is 3.78. The van der Waals surface area contributed by atoms with Gasteiger partial charge in [-0.1, -0.05) is 60.1 Å². The summed E-state index contributed by atoms with van der Waals surface area (Å²) in [6.07, 6.45) is 2.17. The molecule has 0 saturated carbocycles. The summed E-state index contributed by atoms with van der Waals surface area (Å²) >= 11 is 6.03. The fourth-order valence-corrected chi connectivity index (χ4v) is 3.45.